The summed E-state index contributed by atoms with van der Waals surface area (Å²) in [5.74, 6) is -0.896. The van der Waals surface area contributed by atoms with Crippen LogP contribution in [0.1, 0.15) is 79.7 Å². The fourth-order valence-electron chi connectivity index (χ4n) is 3.74. The number of nitrogens with zero attached hydrogens (tertiary/aromatic N) is 1. The normalized spacial score (nSPS) is 11.7. The van der Waals surface area contributed by atoms with Crippen molar-refractivity contribution in [1.82, 2.24) is 9.88 Å². The third-order valence-electron chi connectivity index (χ3n) is 5.44. The number of hydrogen-bond acceptors (Lipinski definition) is 4. The van der Waals surface area contributed by atoms with Gasteiger partial charge in [0.25, 0.3) is 11.5 Å². The van der Waals surface area contributed by atoms with Crippen molar-refractivity contribution in [2.24, 2.45) is 0 Å². The van der Waals surface area contributed by atoms with Gasteiger partial charge in [0.2, 0.25) is 0 Å². The first-order valence-corrected chi connectivity index (χ1v) is 11.1. The molecule has 6 nitrogen and oxygen atoms in total. The molecule has 0 aliphatic rings. The lowest BCUT2D eigenvalue weighted by molar-refractivity contribution is -0.141. The Bertz CT molecular complexity index is 935. The molecular weight excluding hydrogens is 392 g/mol. The molecule has 168 valence electrons. The Morgan fingerprint density at radius 3 is 2.39 bits per heavy atom. The maximum atomic E-state index is 13.3. The number of amides is 1. The summed E-state index contributed by atoms with van der Waals surface area (Å²) in [5.41, 5.74) is 2.68. The Morgan fingerprint density at radius 1 is 1.10 bits per heavy atom. The molecule has 6 heteroatoms. The summed E-state index contributed by atoms with van der Waals surface area (Å²) in [7, 11) is 1.32. The molecule has 1 N–H and O–H groups in total. The SMILES string of the molecule is CCCCn1c(CCC)c(CC)cc(C(=O)NC(CC(=O)OC)c2ccccc2)c1=O. The number of methoxy groups -OCH3 is 1. The number of unbranched alkanes of at least 4 members (excludes halogenated alkanes) is 1. The number of rotatable bonds is 11. The molecule has 1 atom stereocenters. The fraction of sp³-hybridized carbons (Fsp3) is 0.480. The van der Waals surface area contributed by atoms with E-state index in [-0.39, 0.29) is 17.5 Å². The summed E-state index contributed by atoms with van der Waals surface area (Å²) >= 11 is 0. The molecule has 0 fully saturated rings. The average molecular weight is 427 g/mol. The number of carbonyl (C=O) groups excluding carboxylic acids is 2. The van der Waals surface area contributed by atoms with Crippen LogP contribution in [0, 0.1) is 0 Å². The molecule has 0 saturated heterocycles. The zero-order valence-electron chi connectivity index (χ0n) is 19.1. The largest absolute Gasteiger partial charge is 0.469 e. The first kappa shape index (κ1) is 24.4. The first-order chi connectivity index (χ1) is 15.0. The molecule has 1 heterocycles. The van der Waals surface area contributed by atoms with Gasteiger partial charge in [0.1, 0.15) is 5.56 Å². The molecule has 0 aliphatic heterocycles. The van der Waals surface area contributed by atoms with Crippen LogP contribution >= 0.6 is 0 Å². The van der Waals surface area contributed by atoms with Gasteiger partial charge in [0.15, 0.2) is 0 Å². The van der Waals surface area contributed by atoms with Crippen LogP contribution in [0.15, 0.2) is 41.2 Å². The van der Waals surface area contributed by atoms with Crippen molar-refractivity contribution in [2.75, 3.05) is 7.11 Å². The molecule has 0 saturated carbocycles. The molecular formula is C25H34N2O4. The Morgan fingerprint density at radius 2 is 1.81 bits per heavy atom. The highest BCUT2D eigenvalue weighted by atomic mass is 16.5. The van der Waals surface area contributed by atoms with Crippen LogP contribution in [0.5, 0.6) is 0 Å². The molecule has 0 aliphatic carbocycles. The minimum Gasteiger partial charge on any atom is -0.469 e. The molecule has 1 unspecified atom stereocenters. The smallest absolute Gasteiger partial charge is 0.307 e. The highest BCUT2D eigenvalue weighted by molar-refractivity contribution is 5.94. The van der Waals surface area contributed by atoms with E-state index in [9.17, 15) is 14.4 Å². The summed E-state index contributed by atoms with van der Waals surface area (Å²) in [4.78, 5) is 38.4. The van der Waals surface area contributed by atoms with E-state index in [1.807, 2.05) is 37.3 Å². The Kier molecular flexibility index (Phi) is 9.50. The van der Waals surface area contributed by atoms with Crippen LogP contribution in [0.25, 0.3) is 0 Å². The predicted molar refractivity (Wildman–Crippen MR) is 122 cm³/mol. The van der Waals surface area contributed by atoms with E-state index in [2.05, 4.69) is 19.2 Å². The van der Waals surface area contributed by atoms with Crippen molar-refractivity contribution in [3.8, 4) is 0 Å². The zero-order chi connectivity index (χ0) is 22.8. The Hall–Kier alpha value is -2.89. The van der Waals surface area contributed by atoms with E-state index in [1.54, 1.807) is 10.6 Å². The van der Waals surface area contributed by atoms with Crippen molar-refractivity contribution in [2.45, 2.75) is 71.9 Å². The number of nitrogens with one attached hydrogen (secondary N) is 1. The Balaban J connectivity index is 2.46. The second kappa shape index (κ2) is 12.1. The molecule has 2 rings (SSSR count). The van der Waals surface area contributed by atoms with Crippen LogP contribution in [-0.4, -0.2) is 23.6 Å². The van der Waals surface area contributed by atoms with Gasteiger partial charge in [0.05, 0.1) is 19.6 Å². The average Bonchev–Trinajstić information content (AvgIpc) is 2.79. The number of aryl methyl sites for hydroxylation is 1. The molecule has 1 aromatic carbocycles. The van der Waals surface area contributed by atoms with Gasteiger partial charge >= 0.3 is 5.97 Å². The van der Waals surface area contributed by atoms with Crippen LogP contribution in [0.2, 0.25) is 0 Å². The number of carbonyl (C=O) groups is 2. The molecule has 31 heavy (non-hydrogen) atoms. The van der Waals surface area contributed by atoms with Crippen molar-refractivity contribution < 1.29 is 14.3 Å². The Labute approximate surface area is 184 Å². The number of aromatic nitrogens is 1. The first-order valence-electron chi connectivity index (χ1n) is 11.1. The van der Waals surface area contributed by atoms with Gasteiger partial charge in [0, 0.05) is 12.2 Å². The second-order valence-electron chi connectivity index (χ2n) is 7.66. The monoisotopic (exact) mass is 426 g/mol. The summed E-state index contributed by atoms with van der Waals surface area (Å²) in [6.45, 7) is 6.81. The van der Waals surface area contributed by atoms with E-state index in [0.717, 1.165) is 48.9 Å². The molecule has 0 bridgehead atoms. The zero-order valence-corrected chi connectivity index (χ0v) is 19.1. The number of esters is 1. The number of ether oxygens (including phenoxy) is 1. The lowest BCUT2D eigenvalue weighted by Gasteiger charge is -2.21. The van der Waals surface area contributed by atoms with Gasteiger partial charge in [-0.2, -0.15) is 0 Å². The van der Waals surface area contributed by atoms with E-state index in [1.165, 1.54) is 7.11 Å². The number of hydrogen-bond donors (Lipinski definition) is 1. The van der Waals surface area contributed by atoms with Crippen LogP contribution in [-0.2, 0) is 28.9 Å². The lowest BCUT2D eigenvalue weighted by atomic mass is 10.0. The molecule has 1 amide bonds. The van der Waals surface area contributed by atoms with E-state index in [0.29, 0.717) is 6.54 Å². The third-order valence-corrected chi connectivity index (χ3v) is 5.44. The second-order valence-corrected chi connectivity index (χ2v) is 7.66. The lowest BCUT2D eigenvalue weighted by Crippen LogP contribution is -2.37. The van der Waals surface area contributed by atoms with Crippen molar-refractivity contribution in [1.29, 1.82) is 0 Å². The summed E-state index contributed by atoms with van der Waals surface area (Å²) in [6.07, 6.45) is 4.31. The van der Waals surface area contributed by atoms with E-state index < -0.39 is 17.9 Å². The number of benzene rings is 1. The minimum atomic E-state index is -0.579. The predicted octanol–water partition coefficient (Wildman–Crippen LogP) is 4.20. The quantitative estimate of drug-likeness (QED) is 0.547. The van der Waals surface area contributed by atoms with Gasteiger partial charge in [-0.05, 0) is 36.5 Å². The van der Waals surface area contributed by atoms with Crippen LogP contribution < -0.4 is 10.9 Å². The number of pyridine rings is 1. The summed E-state index contributed by atoms with van der Waals surface area (Å²) < 4.78 is 6.58. The highest BCUT2D eigenvalue weighted by Gasteiger charge is 2.23. The third kappa shape index (κ3) is 6.29. The molecule has 2 aromatic rings. The molecule has 0 radical (unpaired) electrons. The van der Waals surface area contributed by atoms with Crippen molar-refractivity contribution >= 4 is 11.9 Å². The maximum Gasteiger partial charge on any atom is 0.307 e. The van der Waals surface area contributed by atoms with Gasteiger partial charge < -0.3 is 14.6 Å². The standard InChI is InChI=1S/C25H34N2O4/c1-5-8-15-27-22(12-6-2)18(7-3)16-20(25(27)30)24(29)26-21(17-23(28)31-4)19-13-10-9-11-14-19/h9-11,13-14,16,21H,5-8,12,15,17H2,1-4H3,(H,26,29). The van der Waals surface area contributed by atoms with Gasteiger partial charge in [-0.15, -0.1) is 0 Å². The van der Waals surface area contributed by atoms with Crippen LogP contribution in [0.3, 0.4) is 0 Å². The molecule has 1 aromatic heterocycles. The van der Waals surface area contributed by atoms with E-state index >= 15 is 0 Å². The van der Waals surface area contributed by atoms with E-state index in [4.69, 9.17) is 4.74 Å². The minimum absolute atomic E-state index is 0.00910. The molecule has 0 spiro atoms. The van der Waals surface area contributed by atoms with Crippen LogP contribution in [0.4, 0.5) is 0 Å². The maximum absolute atomic E-state index is 13.3. The van der Waals surface area contributed by atoms with Gasteiger partial charge in [-0.1, -0.05) is 63.9 Å². The topological polar surface area (TPSA) is 77.4 Å². The van der Waals surface area contributed by atoms with Crippen molar-refractivity contribution in [3.63, 3.8) is 0 Å². The fourth-order valence-corrected chi connectivity index (χ4v) is 3.74. The summed E-state index contributed by atoms with van der Waals surface area (Å²) in [6, 6.07) is 10.4. The highest BCUT2D eigenvalue weighted by Crippen LogP contribution is 2.19. The van der Waals surface area contributed by atoms with Gasteiger partial charge in [-0.3, -0.25) is 14.4 Å². The summed E-state index contributed by atoms with van der Waals surface area (Å²) in [5, 5.41) is 2.89. The van der Waals surface area contributed by atoms with Crippen molar-refractivity contribution in [3.05, 3.63) is 69.1 Å². The van der Waals surface area contributed by atoms with Gasteiger partial charge in [-0.25, -0.2) is 0 Å².